The van der Waals surface area contributed by atoms with E-state index in [0.717, 1.165) is 17.2 Å². The Balaban J connectivity index is 2.64. The molecule has 0 amide bonds. The maximum absolute atomic E-state index is 7.37. The van der Waals surface area contributed by atoms with E-state index in [1.54, 1.807) is 0 Å². The summed E-state index contributed by atoms with van der Waals surface area (Å²) in [5.41, 5.74) is 8.83. The van der Waals surface area contributed by atoms with Gasteiger partial charge in [-0.1, -0.05) is 26.0 Å². The lowest BCUT2D eigenvalue weighted by atomic mass is 10.1. The van der Waals surface area contributed by atoms with Gasteiger partial charge in [0.1, 0.15) is 5.84 Å². The van der Waals surface area contributed by atoms with Crippen LogP contribution in [0.5, 0.6) is 0 Å². The van der Waals surface area contributed by atoms with Crippen molar-refractivity contribution in [1.29, 1.82) is 5.41 Å². The molecule has 0 radical (unpaired) electrons. The maximum atomic E-state index is 7.37. The molecular formula is C13H20N2S. The average Bonchev–Trinajstić information content (AvgIpc) is 2.19. The van der Waals surface area contributed by atoms with E-state index in [4.69, 9.17) is 11.1 Å². The second-order valence-corrected chi connectivity index (χ2v) is 5.49. The average molecular weight is 236 g/mol. The molecule has 0 saturated heterocycles. The molecule has 16 heavy (non-hydrogen) atoms. The zero-order valence-corrected chi connectivity index (χ0v) is 11.0. The molecule has 0 unspecified atom stereocenters. The molecule has 0 bridgehead atoms. The summed E-state index contributed by atoms with van der Waals surface area (Å²) < 4.78 is 0. The van der Waals surface area contributed by atoms with E-state index in [0.29, 0.717) is 0 Å². The molecule has 0 atom stereocenters. The number of hydrogen-bond acceptors (Lipinski definition) is 2. The Bertz CT molecular complexity index is 372. The highest BCUT2D eigenvalue weighted by Gasteiger charge is 2.03. The molecule has 0 saturated carbocycles. The molecule has 88 valence electrons. The number of amidine groups is 1. The summed E-state index contributed by atoms with van der Waals surface area (Å²) in [4.78, 5) is 0. The van der Waals surface area contributed by atoms with Crippen molar-refractivity contribution in [1.82, 2.24) is 0 Å². The van der Waals surface area contributed by atoms with Crippen molar-refractivity contribution < 1.29 is 0 Å². The topological polar surface area (TPSA) is 49.9 Å². The van der Waals surface area contributed by atoms with Crippen LogP contribution < -0.4 is 5.73 Å². The van der Waals surface area contributed by atoms with Crippen LogP contribution in [0.15, 0.2) is 18.2 Å². The Labute approximate surface area is 102 Å². The van der Waals surface area contributed by atoms with E-state index in [9.17, 15) is 0 Å². The molecule has 2 nitrogen and oxygen atoms in total. The predicted octanol–water partition coefficient (Wildman–Crippen LogP) is 3.17. The van der Waals surface area contributed by atoms with Gasteiger partial charge in [0.25, 0.3) is 0 Å². The highest BCUT2D eigenvalue weighted by molar-refractivity contribution is 7.98. The van der Waals surface area contributed by atoms with Gasteiger partial charge in [0.15, 0.2) is 0 Å². The van der Waals surface area contributed by atoms with Crippen LogP contribution in [0.3, 0.4) is 0 Å². The van der Waals surface area contributed by atoms with Crippen molar-refractivity contribution in [3.8, 4) is 0 Å². The Hall–Kier alpha value is -0.960. The smallest absolute Gasteiger partial charge is 0.122 e. The molecule has 0 heterocycles. The van der Waals surface area contributed by atoms with Gasteiger partial charge >= 0.3 is 0 Å². The summed E-state index contributed by atoms with van der Waals surface area (Å²) in [6, 6.07) is 6.01. The van der Waals surface area contributed by atoms with Crippen LogP contribution >= 0.6 is 11.8 Å². The van der Waals surface area contributed by atoms with Gasteiger partial charge in [0.05, 0.1) is 0 Å². The van der Waals surface area contributed by atoms with Crippen molar-refractivity contribution in [2.75, 3.05) is 5.75 Å². The molecule has 0 fully saturated rings. The van der Waals surface area contributed by atoms with Gasteiger partial charge in [-0.25, -0.2) is 0 Å². The Kier molecular flexibility index (Phi) is 4.87. The van der Waals surface area contributed by atoms with E-state index in [1.807, 2.05) is 23.9 Å². The third-order valence-corrected chi connectivity index (χ3v) is 3.78. The minimum absolute atomic E-state index is 0.143. The lowest BCUT2D eigenvalue weighted by Gasteiger charge is -2.09. The third-order valence-electron chi connectivity index (χ3n) is 2.36. The number of benzene rings is 1. The molecular weight excluding hydrogens is 216 g/mol. The first kappa shape index (κ1) is 13.1. The normalized spacial score (nSPS) is 10.8. The highest BCUT2D eigenvalue weighted by Crippen LogP contribution is 2.19. The van der Waals surface area contributed by atoms with Gasteiger partial charge in [0.2, 0.25) is 0 Å². The zero-order chi connectivity index (χ0) is 12.1. The van der Waals surface area contributed by atoms with Crippen molar-refractivity contribution in [3.63, 3.8) is 0 Å². The SMILES string of the molecule is Cc1cc(C(=N)N)ccc1CSCC(C)C. The monoisotopic (exact) mass is 236 g/mol. The highest BCUT2D eigenvalue weighted by atomic mass is 32.2. The number of nitrogen functional groups attached to an aromatic ring is 1. The number of aryl methyl sites for hydroxylation is 1. The number of nitrogens with two attached hydrogens (primary N) is 1. The van der Waals surface area contributed by atoms with Gasteiger partial charge in [-0.2, -0.15) is 11.8 Å². The van der Waals surface area contributed by atoms with Crippen LogP contribution in [-0.2, 0) is 5.75 Å². The molecule has 0 aliphatic rings. The van der Waals surface area contributed by atoms with E-state index in [2.05, 4.69) is 26.8 Å². The fourth-order valence-corrected chi connectivity index (χ4v) is 2.56. The molecule has 1 rings (SSSR count). The number of hydrogen-bond donors (Lipinski definition) is 2. The second kappa shape index (κ2) is 5.94. The summed E-state index contributed by atoms with van der Waals surface area (Å²) >= 11 is 1.96. The summed E-state index contributed by atoms with van der Waals surface area (Å²) in [7, 11) is 0. The number of thioether (sulfide) groups is 1. The Morgan fingerprint density at radius 2 is 2.12 bits per heavy atom. The fraction of sp³-hybridized carbons (Fsp3) is 0.462. The maximum Gasteiger partial charge on any atom is 0.122 e. The summed E-state index contributed by atoms with van der Waals surface area (Å²) in [5, 5.41) is 7.37. The second-order valence-electron chi connectivity index (χ2n) is 4.46. The van der Waals surface area contributed by atoms with Crippen molar-refractivity contribution in [2.45, 2.75) is 26.5 Å². The largest absolute Gasteiger partial charge is 0.384 e. The minimum atomic E-state index is 0.143. The van der Waals surface area contributed by atoms with Gasteiger partial charge in [-0.3, -0.25) is 5.41 Å². The molecule has 3 heteroatoms. The van der Waals surface area contributed by atoms with Crippen LogP contribution in [-0.4, -0.2) is 11.6 Å². The molecule has 1 aromatic rings. The van der Waals surface area contributed by atoms with Crippen LogP contribution in [0.4, 0.5) is 0 Å². The number of nitrogens with one attached hydrogen (secondary N) is 1. The predicted molar refractivity (Wildman–Crippen MR) is 73.2 cm³/mol. The molecule has 1 aromatic carbocycles. The molecule has 0 aliphatic heterocycles. The van der Waals surface area contributed by atoms with Gasteiger partial charge in [-0.05, 0) is 35.8 Å². The fourth-order valence-electron chi connectivity index (χ4n) is 1.43. The molecule has 0 aromatic heterocycles. The first-order valence-electron chi connectivity index (χ1n) is 5.52. The van der Waals surface area contributed by atoms with Gasteiger partial charge < -0.3 is 5.73 Å². The molecule has 3 N–H and O–H groups in total. The van der Waals surface area contributed by atoms with E-state index in [-0.39, 0.29) is 5.84 Å². The van der Waals surface area contributed by atoms with Crippen molar-refractivity contribution >= 4 is 17.6 Å². The summed E-state index contributed by atoms with van der Waals surface area (Å²) in [6.07, 6.45) is 0. The van der Waals surface area contributed by atoms with Gasteiger partial charge in [0, 0.05) is 11.3 Å². The molecule has 0 spiro atoms. The van der Waals surface area contributed by atoms with Crippen LogP contribution in [0, 0.1) is 18.3 Å². The Morgan fingerprint density at radius 3 is 2.62 bits per heavy atom. The van der Waals surface area contributed by atoms with E-state index in [1.165, 1.54) is 16.9 Å². The Morgan fingerprint density at radius 1 is 1.44 bits per heavy atom. The quantitative estimate of drug-likeness (QED) is 0.609. The summed E-state index contributed by atoms with van der Waals surface area (Å²) in [6.45, 7) is 6.55. The summed E-state index contributed by atoms with van der Waals surface area (Å²) in [5.74, 6) is 3.11. The lowest BCUT2D eigenvalue weighted by Crippen LogP contribution is -2.11. The third kappa shape index (κ3) is 3.89. The molecule has 0 aliphatic carbocycles. The first-order chi connectivity index (χ1) is 7.50. The van der Waals surface area contributed by atoms with Gasteiger partial charge in [-0.15, -0.1) is 0 Å². The van der Waals surface area contributed by atoms with Crippen LogP contribution in [0.2, 0.25) is 0 Å². The zero-order valence-electron chi connectivity index (χ0n) is 10.2. The minimum Gasteiger partial charge on any atom is -0.384 e. The van der Waals surface area contributed by atoms with Crippen molar-refractivity contribution in [3.05, 3.63) is 34.9 Å². The lowest BCUT2D eigenvalue weighted by molar-refractivity contribution is 0.750. The standard InChI is InChI=1S/C13H20N2S/c1-9(2)7-16-8-12-5-4-11(13(14)15)6-10(12)3/h4-6,9H,7-8H2,1-3H3,(H3,14,15). The number of rotatable bonds is 5. The van der Waals surface area contributed by atoms with Crippen LogP contribution in [0.25, 0.3) is 0 Å². The van der Waals surface area contributed by atoms with E-state index >= 15 is 0 Å². The van der Waals surface area contributed by atoms with Crippen LogP contribution in [0.1, 0.15) is 30.5 Å². The van der Waals surface area contributed by atoms with E-state index < -0.39 is 0 Å². The first-order valence-corrected chi connectivity index (χ1v) is 6.68. The van der Waals surface area contributed by atoms with Crippen molar-refractivity contribution in [2.24, 2.45) is 11.7 Å².